The fourth-order valence-electron chi connectivity index (χ4n) is 9.18. The largest absolute Gasteiger partial charge is 0.459 e. The topological polar surface area (TPSA) is 189 Å². The van der Waals surface area contributed by atoms with E-state index in [1.165, 1.54) is 21.1 Å². The molecule has 0 saturated carbocycles. The zero-order chi connectivity index (χ0) is 40.7. The lowest BCUT2D eigenvalue weighted by molar-refractivity contribution is -0.315. The van der Waals surface area contributed by atoms with E-state index < -0.39 is 108 Å². The number of aliphatic hydroxyl groups excluding tert-OH is 2. The maximum atomic E-state index is 14.2. The van der Waals surface area contributed by atoms with Gasteiger partial charge in [-0.3, -0.25) is 9.59 Å². The minimum absolute atomic E-state index is 0.0986. The van der Waals surface area contributed by atoms with Crippen molar-refractivity contribution in [3.8, 4) is 0 Å². The minimum atomic E-state index is -1.98. The maximum absolute atomic E-state index is 14.2. The van der Waals surface area contributed by atoms with Gasteiger partial charge in [0.1, 0.15) is 23.6 Å². The second-order valence-electron chi connectivity index (χ2n) is 16.8. The number of ketones is 1. The van der Waals surface area contributed by atoms with E-state index in [0.29, 0.717) is 13.0 Å². The highest BCUT2D eigenvalue weighted by atomic mass is 16.7. The van der Waals surface area contributed by atoms with Crippen molar-refractivity contribution in [2.75, 3.05) is 20.8 Å². The number of nitrogens with zero attached hydrogens (tertiary/aromatic N) is 1. The molecule has 0 spiro atoms. The SMILES string of the molecule is CC[C@H]1OC(=O)[C@H](C)[C@@H](O[C@H]2C[C@@](C)(OC)[C@@H](O)[C@H](C)O2)[C@H](C)[C@@H](O[C@@H]2O[C@H](C)C[C@H]3[C@H]2OC(=O)N3CC)[C@](C)(OC)C[C@@H](C)C(=O)[C@H](C)[C@@H](O)[C@]1(C)O. The molecule has 4 saturated heterocycles. The van der Waals surface area contributed by atoms with Crippen LogP contribution >= 0.6 is 0 Å². The Morgan fingerprint density at radius 2 is 1.46 bits per heavy atom. The molecule has 0 bridgehead atoms. The van der Waals surface area contributed by atoms with Crippen molar-refractivity contribution in [2.24, 2.45) is 23.7 Å². The van der Waals surface area contributed by atoms with Gasteiger partial charge in [0.15, 0.2) is 18.7 Å². The summed E-state index contributed by atoms with van der Waals surface area (Å²) in [6.45, 7) is 19.3. The Morgan fingerprint density at radius 3 is 2.04 bits per heavy atom. The molecular weight excluding hydrogens is 706 g/mol. The molecule has 15 heteroatoms. The van der Waals surface area contributed by atoms with Gasteiger partial charge in [-0.15, -0.1) is 0 Å². The molecule has 0 aromatic carbocycles. The first-order valence-corrected chi connectivity index (χ1v) is 19.6. The summed E-state index contributed by atoms with van der Waals surface area (Å²) in [4.78, 5) is 42.9. The van der Waals surface area contributed by atoms with Gasteiger partial charge < -0.3 is 58.1 Å². The van der Waals surface area contributed by atoms with Gasteiger partial charge >= 0.3 is 12.1 Å². The van der Waals surface area contributed by atoms with E-state index in [4.69, 9.17) is 37.9 Å². The molecule has 18 atom stereocenters. The van der Waals surface area contributed by atoms with Crippen molar-refractivity contribution in [1.82, 2.24) is 4.90 Å². The molecule has 0 aromatic heterocycles. The zero-order valence-corrected chi connectivity index (χ0v) is 34.5. The molecule has 0 unspecified atom stereocenters. The normalized spacial score (nSPS) is 48.5. The lowest BCUT2D eigenvalue weighted by Gasteiger charge is -2.49. The first kappa shape index (κ1) is 44.8. The van der Waals surface area contributed by atoms with Crippen molar-refractivity contribution in [3.63, 3.8) is 0 Å². The lowest BCUT2D eigenvalue weighted by Crippen LogP contribution is -2.61. The van der Waals surface area contributed by atoms with Crippen LogP contribution in [0.5, 0.6) is 0 Å². The number of fused-ring (bicyclic) bond motifs is 1. The predicted molar refractivity (Wildman–Crippen MR) is 194 cm³/mol. The number of rotatable bonds is 8. The number of hydrogen-bond acceptors (Lipinski definition) is 14. The first-order chi connectivity index (χ1) is 25.1. The Bertz CT molecular complexity index is 1320. The Balaban J connectivity index is 1.86. The van der Waals surface area contributed by atoms with Crippen LogP contribution in [0.25, 0.3) is 0 Å². The molecule has 4 rings (SSSR count). The van der Waals surface area contributed by atoms with Crippen LogP contribution in [0.3, 0.4) is 0 Å². The second-order valence-corrected chi connectivity index (χ2v) is 16.8. The number of methoxy groups -OCH3 is 2. The van der Waals surface area contributed by atoms with Crippen molar-refractivity contribution >= 4 is 17.8 Å². The van der Waals surface area contributed by atoms with Crippen molar-refractivity contribution < 1.29 is 67.6 Å². The fourth-order valence-corrected chi connectivity index (χ4v) is 9.18. The highest BCUT2D eigenvalue weighted by Crippen LogP contribution is 2.43. The number of likely N-dealkylation sites (N-methyl/N-ethyl adjacent to an activating group) is 1. The molecule has 312 valence electrons. The lowest BCUT2D eigenvalue weighted by atomic mass is 9.74. The Labute approximate surface area is 320 Å². The van der Waals surface area contributed by atoms with Crippen molar-refractivity contribution in [3.05, 3.63) is 0 Å². The summed E-state index contributed by atoms with van der Waals surface area (Å²) in [5.41, 5.74) is -4.29. The molecule has 1 amide bonds. The summed E-state index contributed by atoms with van der Waals surface area (Å²) in [5, 5.41) is 34.1. The van der Waals surface area contributed by atoms with Crippen molar-refractivity contribution in [1.29, 1.82) is 0 Å². The third-order valence-corrected chi connectivity index (χ3v) is 12.8. The van der Waals surface area contributed by atoms with E-state index in [1.807, 2.05) is 20.8 Å². The van der Waals surface area contributed by atoms with Gasteiger partial charge in [0.05, 0.1) is 53.7 Å². The number of amides is 1. The molecule has 0 radical (unpaired) electrons. The molecule has 4 heterocycles. The van der Waals surface area contributed by atoms with Gasteiger partial charge in [-0.2, -0.15) is 0 Å². The quantitative estimate of drug-likeness (QED) is 0.305. The van der Waals surface area contributed by atoms with Gasteiger partial charge in [0.2, 0.25) is 0 Å². The van der Waals surface area contributed by atoms with Gasteiger partial charge in [0, 0.05) is 44.9 Å². The Morgan fingerprint density at radius 1 is 0.833 bits per heavy atom. The predicted octanol–water partition coefficient (Wildman–Crippen LogP) is 3.36. The highest BCUT2D eigenvalue weighted by Gasteiger charge is 2.56. The van der Waals surface area contributed by atoms with Gasteiger partial charge in [-0.05, 0) is 67.7 Å². The number of hydrogen-bond donors (Lipinski definition) is 3. The maximum Gasteiger partial charge on any atom is 0.410 e. The van der Waals surface area contributed by atoms with E-state index in [2.05, 4.69) is 0 Å². The average Bonchev–Trinajstić information content (AvgIpc) is 3.45. The number of carbonyl (C=O) groups excluding carboxylic acids is 3. The molecule has 54 heavy (non-hydrogen) atoms. The third-order valence-electron chi connectivity index (χ3n) is 12.8. The van der Waals surface area contributed by atoms with Gasteiger partial charge in [0.25, 0.3) is 0 Å². The first-order valence-electron chi connectivity index (χ1n) is 19.6. The van der Waals surface area contributed by atoms with Crippen LogP contribution in [-0.2, 0) is 47.5 Å². The molecule has 0 aromatic rings. The van der Waals surface area contributed by atoms with Crippen LogP contribution in [-0.4, -0.2) is 143 Å². The fraction of sp³-hybridized carbons (Fsp3) is 0.923. The Kier molecular flexibility index (Phi) is 14.3. The molecule has 0 aliphatic carbocycles. The van der Waals surface area contributed by atoms with E-state index in [-0.39, 0.29) is 37.2 Å². The van der Waals surface area contributed by atoms with E-state index in [1.54, 1.807) is 53.4 Å². The summed E-state index contributed by atoms with van der Waals surface area (Å²) in [6, 6.07) is -0.309. The Hall–Kier alpha value is -1.95. The summed E-state index contributed by atoms with van der Waals surface area (Å²) in [5.74, 6) is -4.55. The molecule has 4 fully saturated rings. The third kappa shape index (κ3) is 8.64. The van der Waals surface area contributed by atoms with E-state index in [0.717, 1.165) is 0 Å². The molecule has 4 aliphatic rings. The van der Waals surface area contributed by atoms with Gasteiger partial charge in [-0.25, -0.2) is 4.79 Å². The molecule has 3 N–H and O–H groups in total. The van der Waals surface area contributed by atoms with E-state index >= 15 is 0 Å². The number of Topliss-reactive ketones (excluding diaryl/α,β-unsaturated/α-hetero) is 1. The van der Waals surface area contributed by atoms with Crippen LogP contribution in [0, 0.1) is 23.7 Å². The highest BCUT2D eigenvalue weighted by molar-refractivity contribution is 5.83. The molecular formula is C39H67NO14. The summed E-state index contributed by atoms with van der Waals surface area (Å²) >= 11 is 0. The van der Waals surface area contributed by atoms with E-state index in [9.17, 15) is 29.7 Å². The zero-order valence-electron chi connectivity index (χ0n) is 34.5. The van der Waals surface area contributed by atoms with Crippen LogP contribution in [0.1, 0.15) is 102 Å². The number of ether oxygens (including phenoxy) is 8. The van der Waals surface area contributed by atoms with Crippen LogP contribution < -0.4 is 0 Å². The number of esters is 1. The number of aliphatic hydroxyl groups is 3. The number of cyclic esters (lactones) is 1. The van der Waals surface area contributed by atoms with Crippen molar-refractivity contribution in [2.45, 2.75) is 186 Å². The standard InChI is InChI=1S/C39H67NO14/c1-14-26-39(11,46)31(42)21(5)28(41)19(3)17-38(10,48-13)33(54-35-30-25(16-20(4)49-35)40(15-2)36(45)53-30)22(6)29(23(7)34(44)51-26)52-27-18-37(9,47-12)32(43)24(8)50-27/h19-27,29-33,35,42-43,46H,14-18H2,1-13H3/t19-,20-,21+,22+,23-,24+,25+,26-,27+,29+,30-,31-,32+,33-,35+,37-,38-,39-/m1/s1. The van der Waals surface area contributed by atoms with Crippen LogP contribution in [0.2, 0.25) is 0 Å². The van der Waals surface area contributed by atoms with Crippen LogP contribution in [0.15, 0.2) is 0 Å². The molecule has 15 nitrogen and oxygen atoms in total. The minimum Gasteiger partial charge on any atom is -0.459 e. The van der Waals surface area contributed by atoms with Crippen LogP contribution in [0.4, 0.5) is 4.79 Å². The number of carbonyl (C=O) groups is 3. The smallest absolute Gasteiger partial charge is 0.410 e. The average molecular weight is 774 g/mol. The second kappa shape index (κ2) is 17.3. The monoisotopic (exact) mass is 773 g/mol. The summed E-state index contributed by atoms with van der Waals surface area (Å²) < 4.78 is 50.1. The summed E-state index contributed by atoms with van der Waals surface area (Å²) in [6.07, 6.45) is -9.05. The summed E-state index contributed by atoms with van der Waals surface area (Å²) in [7, 11) is 3.00. The molecule has 4 aliphatic heterocycles. The van der Waals surface area contributed by atoms with Gasteiger partial charge in [-0.1, -0.05) is 27.7 Å².